The maximum absolute atomic E-state index is 14.0. The molecule has 1 amide bonds. The van der Waals surface area contributed by atoms with Crippen LogP contribution in [-0.4, -0.2) is 49.9 Å². The molecule has 10 heteroatoms. The summed E-state index contributed by atoms with van der Waals surface area (Å²) in [6.45, 7) is 0.984. The molecule has 1 aliphatic rings. The Morgan fingerprint density at radius 1 is 1.05 bits per heavy atom. The van der Waals surface area contributed by atoms with Gasteiger partial charge < -0.3 is 19.4 Å². The van der Waals surface area contributed by atoms with Crippen LogP contribution < -0.4 is 10.1 Å². The zero-order valence-electron chi connectivity index (χ0n) is 23.4. The number of carbonyl (C=O) groups is 2. The van der Waals surface area contributed by atoms with Crippen molar-refractivity contribution in [3.63, 3.8) is 0 Å². The highest BCUT2D eigenvalue weighted by Gasteiger charge is 2.30. The summed E-state index contributed by atoms with van der Waals surface area (Å²) in [5.74, 6) is -0.550. The standard InChI is InChI=1S/C32H33N3O6S/c1-40-19-17-34-32(37)26-10-5-6-13-31(26)42(38,39)21-27-24-11-7-12-28(36)25(24)14-15-29(27)41-30(20-35-18-16-33-22-35)23-8-3-2-4-9-23/h2-6,8-10,13-16,18,22,30H,7,11-12,17,19-21H2,1H3,(H,34,37). The Morgan fingerprint density at radius 3 is 2.60 bits per heavy atom. The van der Waals surface area contributed by atoms with Crippen LogP contribution in [0.5, 0.6) is 5.75 Å². The summed E-state index contributed by atoms with van der Waals surface area (Å²) in [4.78, 5) is 29.8. The molecule has 1 N–H and O–H groups in total. The van der Waals surface area contributed by atoms with Gasteiger partial charge in [-0.25, -0.2) is 13.4 Å². The van der Waals surface area contributed by atoms with Crippen molar-refractivity contribution in [1.29, 1.82) is 0 Å². The summed E-state index contributed by atoms with van der Waals surface area (Å²) in [5.41, 5.74) is 2.62. The molecule has 3 aromatic carbocycles. The van der Waals surface area contributed by atoms with E-state index >= 15 is 0 Å². The molecule has 0 fully saturated rings. The van der Waals surface area contributed by atoms with Gasteiger partial charge >= 0.3 is 0 Å². The van der Waals surface area contributed by atoms with E-state index in [1.807, 2.05) is 41.1 Å². The fourth-order valence-corrected chi connectivity index (χ4v) is 6.85. The lowest BCUT2D eigenvalue weighted by Crippen LogP contribution is -2.28. The summed E-state index contributed by atoms with van der Waals surface area (Å²) in [6, 6.07) is 19.3. The third-order valence-electron chi connectivity index (χ3n) is 7.29. The number of methoxy groups -OCH3 is 1. The average molecular weight is 588 g/mol. The third kappa shape index (κ3) is 6.61. The molecule has 0 saturated heterocycles. The molecule has 1 aliphatic carbocycles. The van der Waals surface area contributed by atoms with Crippen LogP contribution in [0.2, 0.25) is 0 Å². The lowest BCUT2D eigenvalue weighted by atomic mass is 9.87. The van der Waals surface area contributed by atoms with Crippen LogP contribution in [0.25, 0.3) is 0 Å². The number of ketones is 1. The summed E-state index contributed by atoms with van der Waals surface area (Å²) < 4.78 is 41.6. The van der Waals surface area contributed by atoms with Gasteiger partial charge in [0, 0.05) is 43.6 Å². The molecule has 0 aliphatic heterocycles. The van der Waals surface area contributed by atoms with E-state index in [-0.39, 0.29) is 22.8 Å². The second kappa shape index (κ2) is 13.1. The van der Waals surface area contributed by atoms with Crippen LogP contribution in [0.15, 0.2) is 90.3 Å². The minimum absolute atomic E-state index is 0.0163. The minimum Gasteiger partial charge on any atom is -0.484 e. The molecular weight excluding hydrogens is 554 g/mol. The van der Waals surface area contributed by atoms with Crippen molar-refractivity contribution in [2.45, 2.75) is 42.6 Å². The molecule has 9 nitrogen and oxygen atoms in total. The van der Waals surface area contributed by atoms with Crippen molar-refractivity contribution >= 4 is 21.5 Å². The highest BCUT2D eigenvalue weighted by Crippen LogP contribution is 2.37. The third-order valence-corrected chi connectivity index (χ3v) is 8.98. The van der Waals surface area contributed by atoms with E-state index in [1.54, 1.807) is 36.8 Å². The predicted molar refractivity (Wildman–Crippen MR) is 157 cm³/mol. The molecule has 0 saturated carbocycles. The average Bonchev–Trinajstić information content (AvgIpc) is 3.52. The molecule has 218 valence electrons. The Hall–Kier alpha value is -4.28. The Kier molecular flexibility index (Phi) is 9.14. The van der Waals surface area contributed by atoms with E-state index in [1.165, 1.54) is 19.2 Å². The number of imidazole rings is 1. The van der Waals surface area contributed by atoms with Crippen molar-refractivity contribution in [2.24, 2.45) is 0 Å². The molecule has 1 unspecified atom stereocenters. The highest BCUT2D eigenvalue weighted by molar-refractivity contribution is 7.90. The van der Waals surface area contributed by atoms with Crippen molar-refractivity contribution in [2.75, 3.05) is 20.3 Å². The van der Waals surface area contributed by atoms with Gasteiger partial charge in [-0.05, 0) is 48.2 Å². The number of amides is 1. The predicted octanol–water partition coefficient (Wildman–Crippen LogP) is 4.57. The Labute approximate surface area is 245 Å². The van der Waals surface area contributed by atoms with Crippen LogP contribution >= 0.6 is 0 Å². The lowest BCUT2D eigenvalue weighted by Gasteiger charge is -2.26. The molecule has 4 aromatic rings. The number of hydrogen-bond donors (Lipinski definition) is 1. The number of ether oxygens (including phenoxy) is 2. The normalized spacial score (nSPS) is 13.8. The van der Waals surface area contributed by atoms with Crippen LogP contribution in [0.4, 0.5) is 0 Å². The van der Waals surface area contributed by atoms with Gasteiger partial charge in [-0.3, -0.25) is 9.59 Å². The number of rotatable bonds is 12. The Bertz CT molecular complexity index is 1650. The monoisotopic (exact) mass is 587 g/mol. The van der Waals surface area contributed by atoms with E-state index < -0.39 is 27.6 Å². The van der Waals surface area contributed by atoms with Crippen molar-refractivity contribution in [1.82, 2.24) is 14.9 Å². The largest absolute Gasteiger partial charge is 0.484 e. The Balaban J connectivity index is 1.55. The molecule has 1 aromatic heterocycles. The maximum Gasteiger partial charge on any atom is 0.252 e. The van der Waals surface area contributed by atoms with Gasteiger partial charge in [0.25, 0.3) is 5.91 Å². The number of Topliss-reactive ketones (excluding diaryl/α,β-unsaturated/α-hetero) is 1. The number of sulfone groups is 1. The van der Waals surface area contributed by atoms with Crippen molar-refractivity contribution in [3.05, 3.63) is 113 Å². The fourth-order valence-electron chi connectivity index (χ4n) is 5.22. The first kappa shape index (κ1) is 29.2. The van der Waals surface area contributed by atoms with Gasteiger partial charge in [-0.1, -0.05) is 42.5 Å². The fraction of sp³-hybridized carbons (Fsp3) is 0.281. The highest BCUT2D eigenvalue weighted by atomic mass is 32.2. The number of hydrogen-bond acceptors (Lipinski definition) is 7. The molecule has 0 radical (unpaired) electrons. The Morgan fingerprint density at radius 2 is 1.83 bits per heavy atom. The van der Waals surface area contributed by atoms with Crippen LogP contribution in [0.3, 0.4) is 0 Å². The van der Waals surface area contributed by atoms with Gasteiger partial charge in [0.05, 0.1) is 35.7 Å². The molecule has 0 spiro atoms. The smallest absolute Gasteiger partial charge is 0.252 e. The van der Waals surface area contributed by atoms with E-state index in [4.69, 9.17) is 9.47 Å². The molecule has 0 bridgehead atoms. The van der Waals surface area contributed by atoms with E-state index in [9.17, 15) is 18.0 Å². The quantitative estimate of drug-likeness (QED) is 0.241. The van der Waals surface area contributed by atoms with Crippen LogP contribution in [0.1, 0.15) is 56.4 Å². The summed E-state index contributed by atoms with van der Waals surface area (Å²) >= 11 is 0. The number of fused-ring (bicyclic) bond motifs is 1. The molecular formula is C32H33N3O6S. The zero-order chi connectivity index (χ0) is 29.5. The maximum atomic E-state index is 14.0. The first-order valence-corrected chi connectivity index (χ1v) is 15.5. The van der Waals surface area contributed by atoms with E-state index in [2.05, 4.69) is 10.3 Å². The SMILES string of the molecule is COCCNC(=O)c1ccccc1S(=O)(=O)Cc1c(OC(Cn2ccnc2)c2ccccc2)ccc2c1CCCC2=O. The van der Waals surface area contributed by atoms with E-state index in [0.717, 1.165) is 5.56 Å². The second-order valence-corrected chi connectivity index (χ2v) is 12.1. The lowest BCUT2D eigenvalue weighted by molar-refractivity contribution is 0.0932. The summed E-state index contributed by atoms with van der Waals surface area (Å²) in [6.07, 6.45) is 6.36. The van der Waals surface area contributed by atoms with Gasteiger partial charge in [0.1, 0.15) is 11.9 Å². The minimum atomic E-state index is -4.04. The zero-order valence-corrected chi connectivity index (χ0v) is 24.2. The van der Waals surface area contributed by atoms with Crippen LogP contribution in [-0.2, 0) is 33.3 Å². The number of aromatic nitrogens is 2. The van der Waals surface area contributed by atoms with Crippen molar-refractivity contribution in [3.8, 4) is 5.75 Å². The van der Waals surface area contributed by atoms with Gasteiger partial charge in [0.2, 0.25) is 0 Å². The topological polar surface area (TPSA) is 117 Å². The molecule has 42 heavy (non-hydrogen) atoms. The second-order valence-electron chi connectivity index (χ2n) is 10.1. The first-order chi connectivity index (χ1) is 20.4. The van der Waals surface area contributed by atoms with Crippen LogP contribution in [0, 0.1) is 0 Å². The van der Waals surface area contributed by atoms with Crippen molar-refractivity contribution < 1.29 is 27.5 Å². The van der Waals surface area contributed by atoms with E-state index in [0.29, 0.717) is 54.9 Å². The van der Waals surface area contributed by atoms with Gasteiger partial charge in [0.15, 0.2) is 15.6 Å². The number of carbonyl (C=O) groups excluding carboxylic acids is 2. The van der Waals surface area contributed by atoms with Gasteiger partial charge in [-0.2, -0.15) is 0 Å². The molecule has 1 heterocycles. The molecule has 1 atom stereocenters. The number of benzene rings is 3. The first-order valence-electron chi connectivity index (χ1n) is 13.8. The van der Waals surface area contributed by atoms with Gasteiger partial charge in [-0.15, -0.1) is 0 Å². The number of nitrogens with zero attached hydrogens (tertiary/aromatic N) is 2. The molecule has 5 rings (SSSR count). The number of nitrogens with one attached hydrogen (secondary N) is 1. The summed E-state index contributed by atoms with van der Waals surface area (Å²) in [7, 11) is -2.52. The summed E-state index contributed by atoms with van der Waals surface area (Å²) in [5, 5.41) is 2.70.